The van der Waals surface area contributed by atoms with Crippen LogP contribution in [0.5, 0.6) is 0 Å². The molecule has 0 aliphatic heterocycles. The summed E-state index contributed by atoms with van der Waals surface area (Å²) in [7, 11) is 0. The summed E-state index contributed by atoms with van der Waals surface area (Å²) < 4.78 is 0. The number of aliphatic hydroxyl groups excluding tert-OH is 1. The fraction of sp³-hybridized carbons (Fsp3) is 0.875. The molecule has 4 N–H and O–H groups in total. The summed E-state index contributed by atoms with van der Waals surface area (Å²) in [6.45, 7) is 1.99. The Morgan fingerprint density at radius 3 is 2.75 bits per heavy atom. The number of hydrogen-bond acceptors (Lipinski definition) is 3. The van der Waals surface area contributed by atoms with Gasteiger partial charge in [0.2, 0.25) is 5.91 Å². The lowest BCUT2D eigenvalue weighted by Gasteiger charge is -2.14. The van der Waals surface area contributed by atoms with Crippen LogP contribution in [0.1, 0.15) is 19.8 Å². The highest BCUT2D eigenvalue weighted by Crippen LogP contribution is 2.28. The summed E-state index contributed by atoms with van der Waals surface area (Å²) in [4.78, 5) is 11.1. The fourth-order valence-electron chi connectivity index (χ4n) is 0.879. The Bertz CT molecular complexity index is 166. The van der Waals surface area contributed by atoms with E-state index in [0.717, 1.165) is 12.8 Å². The number of nitrogens with two attached hydrogens (primary N) is 1. The molecule has 0 heterocycles. The van der Waals surface area contributed by atoms with Crippen LogP contribution in [0, 0.1) is 5.92 Å². The molecule has 0 aromatic heterocycles. The molecule has 0 bridgehead atoms. The quantitative estimate of drug-likeness (QED) is 0.520. The zero-order valence-corrected chi connectivity index (χ0v) is 7.29. The van der Waals surface area contributed by atoms with E-state index in [-0.39, 0.29) is 17.9 Å². The van der Waals surface area contributed by atoms with Gasteiger partial charge >= 0.3 is 0 Å². The van der Waals surface area contributed by atoms with E-state index in [1.807, 2.05) is 0 Å². The van der Waals surface area contributed by atoms with Crippen LogP contribution in [0.4, 0.5) is 0 Å². The topological polar surface area (TPSA) is 75.3 Å². The fourth-order valence-corrected chi connectivity index (χ4v) is 0.879. The molecule has 2 unspecified atom stereocenters. The van der Waals surface area contributed by atoms with Gasteiger partial charge < -0.3 is 16.2 Å². The highest BCUT2D eigenvalue weighted by molar-refractivity contribution is 5.80. The normalized spacial score (nSPS) is 21.6. The second-order valence-electron chi connectivity index (χ2n) is 3.42. The Balaban J connectivity index is 2.11. The predicted molar refractivity (Wildman–Crippen MR) is 45.4 cm³/mol. The lowest BCUT2D eigenvalue weighted by molar-refractivity contribution is -0.122. The molecule has 0 saturated heterocycles. The SMILES string of the molecule is CC(O)C(N)CNC(=O)C1CC1. The van der Waals surface area contributed by atoms with E-state index in [9.17, 15) is 4.79 Å². The number of amides is 1. The minimum atomic E-state index is -0.565. The predicted octanol–water partition coefficient (Wildman–Crippen LogP) is -0.779. The number of rotatable bonds is 4. The Morgan fingerprint density at radius 2 is 2.33 bits per heavy atom. The zero-order valence-electron chi connectivity index (χ0n) is 7.29. The third kappa shape index (κ3) is 2.79. The largest absolute Gasteiger partial charge is 0.392 e. The second-order valence-corrected chi connectivity index (χ2v) is 3.42. The van der Waals surface area contributed by atoms with Crippen molar-refractivity contribution in [2.75, 3.05) is 6.54 Å². The van der Waals surface area contributed by atoms with Crippen molar-refractivity contribution >= 4 is 5.91 Å². The van der Waals surface area contributed by atoms with Crippen molar-refractivity contribution < 1.29 is 9.90 Å². The van der Waals surface area contributed by atoms with E-state index in [1.165, 1.54) is 0 Å². The first-order valence-electron chi connectivity index (χ1n) is 4.32. The number of carbonyl (C=O) groups is 1. The van der Waals surface area contributed by atoms with Crippen molar-refractivity contribution in [2.24, 2.45) is 11.7 Å². The first-order chi connectivity index (χ1) is 5.61. The average Bonchev–Trinajstić information content (AvgIpc) is 2.81. The first kappa shape index (κ1) is 9.48. The molecule has 1 fully saturated rings. The molecule has 70 valence electrons. The molecule has 2 atom stereocenters. The number of aliphatic hydroxyl groups is 1. The van der Waals surface area contributed by atoms with Crippen LogP contribution in [0.3, 0.4) is 0 Å². The molecule has 1 rings (SSSR count). The van der Waals surface area contributed by atoms with Gasteiger partial charge in [0.05, 0.1) is 6.10 Å². The van der Waals surface area contributed by atoms with Crippen molar-refractivity contribution in [1.29, 1.82) is 0 Å². The summed E-state index contributed by atoms with van der Waals surface area (Å²) in [6.07, 6.45) is 1.43. The van der Waals surface area contributed by atoms with Crippen LogP contribution in [-0.4, -0.2) is 29.7 Å². The summed E-state index contributed by atoms with van der Waals surface area (Å²) in [5.41, 5.74) is 5.52. The van der Waals surface area contributed by atoms with Crippen LogP contribution in [-0.2, 0) is 4.79 Å². The molecule has 4 nitrogen and oxygen atoms in total. The summed E-state index contributed by atoms with van der Waals surface area (Å²) in [5, 5.41) is 11.7. The van der Waals surface area contributed by atoms with Gasteiger partial charge in [-0.1, -0.05) is 0 Å². The molecule has 0 aromatic rings. The van der Waals surface area contributed by atoms with Gasteiger partial charge in [-0.2, -0.15) is 0 Å². The maximum Gasteiger partial charge on any atom is 0.223 e. The van der Waals surface area contributed by atoms with Crippen LogP contribution >= 0.6 is 0 Å². The van der Waals surface area contributed by atoms with Crippen molar-refractivity contribution in [3.63, 3.8) is 0 Å². The van der Waals surface area contributed by atoms with E-state index in [4.69, 9.17) is 10.8 Å². The lowest BCUT2D eigenvalue weighted by Crippen LogP contribution is -2.44. The molecule has 0 radical (unpaired) electrons. The molecule has 4 heteroatoms. The van der Waals surface area contributed by atoms with Crippen molar-refractivity contribution in [3.05, 3.63) is 0 Å². The number of carbonyl (C=O) groups excluding carboxylic acids is 1. The third-order valence-electron chi connectivity index (χ3n) is 2.08. The van der Waals surface area contributed by atoms with Gasteiger partial charge in [-0.3, -0.25) is 4.79 Å². The van der Waals surface area contributed by atoms with E-state index in [1.54, 1.807) is 6.92 Å². The Morgan fingerprint density at radius 1 is 1.75 bits per heavy atom. The van der Waals surface area contributed by atoms with Gasteiger partial charge in [-0.05, 0) is 19.8 Å². The van der Waals surface area contributed by atoms with Gasteiger partial charge in [0, 0.05) is 18.5 Å². The van der Waals surface area contributed by atoms with Crippen LogP contribution in [0.25, 0.3) is 0 Å². The molecular weight excluding hydrogens is 156 g/mol. The highest BCUT2D eigenvalue weighted by atomic mass is 16.3. The number of hydrogen-bond donors (Lipinski definition) is 3. The van der Waals surface area contributed by atoms with Crippen molar-refractivity contribution in [2.45, 2.75) is 31.9 Å². The monoisotopic (exact) mass is 172 g/mol. The first-order valence-corrected chi connectivity index (χ1v) is 4.32. The maximum absolute atomic E-state index is 11.1. The minimum absolute atomic E-state index is 0.0751. The van der Waals surface area contributed by atoms with Gasteiger partial charge in [0.25, 0.3) is 0 Å². The smallest absolute Gasteiger partial charge is 0.223 e. The van der Waals surface area contributed by atoms with Gasteiger partial charge in [-0.25, -0.2) is 0 Å². The Labute approximate surface area is 72.1 Å². The van der Waals surface area contributed by atoms with Gasteiger partial charge in [0.1, 0.15) is 0 Å². The zero-order chi connectivity index (χ0) is 9.14. The van der Waals surface area contributed by atoms with Crippen molar-refractivity contribution in [1.82, 2.24) is 5.32 Å². The molecule has 12 heavy (non-hydrogen) atoms. The van der Waals surface area contributed by atoms with E-state index in [0.29, 0.717) is 6.54 Å². The van der Waals surface area contributed by atoms with Crippen molar-refractivity contribution in [3.8, 4) is 0 Å². The maximum atomic E-state index is 11.1. The van der Waals surface area contributed by atoms with Gasteiger partial charge in [0.15, 0.2) is 0 Å². The molecule has 1 amide bonds. The molecular formula is C8H16N2O2. The highest BCUT2D eigenvalue weighted by Gasteiger charge is 2.29. The number of nitrogens with one attached hydrogen (secondary N) is 1. The van der Waals surface area contributed by atoms with Gasteiger partial charge in [-0.15, -0.1) is 0 Å². The molecule has 1 saturated carbocycles. The molecule has 1 aliphatic rings. The standard InChI is InChI=1S/C8H16N2O2/c1-5(11)7(9)4-10-8(12)6-2-3-6/h5-7,11H,2-4,9H2,1H3,(H,10,12). The third-order valence-corrected chi connectivity index (χ3v) is 2.08. The molecule has 1 aliphatic carbocycles. The summed E-state index contributed by atoms with van der Waals surface area (Å²) in [6, 6.07) is -0.354. The Hall–Kier alpha value is -0.610. The van der Waals surface area contributed by atoms with Crippen LogP contribution in [0.2, 0.25) is 0 Å². The van der Waals surface area contributed by atoms with Crippen LogP contribution < -0.4 is 11.1 Å². The van der Waals surface area contributed by atoms with E-state index >= 15 is 0 Å². The minimum Gasteiger partial charge on any atom is -0.392 e. The Kier molecular flexibility index (Phi) is 3.05. The van der Waals surface area contributed by atoms with Crippen LogP contribution in [0.15, 0.2) is 0 Å². The van der Waals surface area contributed by atoms with E-state index in [2.05, 4.69) is 5.32 Å². The van der Waals surface area contributed by atoms with E-state index < -0.39 is 6.10 Å². The average molecular weight is 172 g/mol. The summed E-state index contributed by atoms with van der Waals surface area (Å²) >= 11 is 0. The molecule has 0 spiro atoms. The summed E-state index contributed by atoms with van der Waals surface area (Å²) in [5.74, 6) is 0.289. The second kappa shape index (κ2) is 3.87. The lowest BCUT2D eigenvalue weighted by atomic mass is 10.2. The molecule has 0 aromatic carbocycles.